The third-order valence-corrected chi connectivity index (χ3v) is 3.26. The molecule has 0 N–H and O–H groups in total. The molecule has 0 aromatic heterocycles. The number of nitrogens with zero attached hydrogens (tertiary/aromatic N) is 1. The van der Waals surface area contributed by atoms with E-state index in [-0.39, 0.29) is 0 Å². The average molecular weight is 268 g/mol. The van der Waals surface area contributed by atoms with Gasteiger partial charge in [0.1, 0.15) is 0 Å². The van der Waals surface area contributed by atoms with Crippen molar-refractivity contribution in [3.05, 3.63) is 48.2 Å². The Hall–Kier alpha value is -0.760. The van der Waals surface area contributed by atoms with Gasteiger partial charge in [0.05, 0.1) is 4.83 Å². The largest absolute Gasteiger partial charge is 0.378 e. The molecule has 0 spiro atoms. The van der Waals surface area contributed by atoms with Crippen molar-refractivity contribution < 1.29 is 0 Å². The van der Waals surface area contributed by atoms with E-state index in [1.54, 1.807) is 0 Å². The first-order chi connectivity index (χ1) is 7.11. The van der Waals surface area contributed by atoms with Crippen LogP contribution in [-0.4, -0.2) is 18.0 Å². The Labute approximate surface area is 101 Å². The van der Waals surface area contributed by atoms with Gasteiger partial charge in [0.25, 0.3) is 0 Å². The lowest BCUT2D eigenvalue weighted by Gasteiger charge is -2.19. The van der Waals surface area contributed by atoms with Crippen LogP contribution >= 0.6 is 15.9 Å². The topological polar surface area (TPSA) is 3.24 Å². The second-order valence-electron chi connectivity index (χ2n) is 3.91. The standard InChI is InChI=1S/C13H18BrN/c1-11(2)15(3)10-9-13(14)12-7-5-4-6-8-12/h4-11,13H,1-3H3. The van der Waals surface area contributed by atoms with Crippen LogP contribution in [0.25, 0.3) is 0 Å². The van der Waals surface area contributed by atoms with E-state index in [9.17, 15) is 0 Å². The Kier molecular flexibility index (Phi) is 4.89. The molecule has 0 aliphatic heterocycles. The lowest BCUT2D eigenvalue weighted by Crippen LogP contribution is -2.19. The molecule has 0 fully saturated rings. The third-order valence-electron chi connectivity index (χ3n) is 2.42. The van der Waals surface area contributed by atoms with E-state index in [0.29, 0.717) is 10.9 Å². The predicted octanol–water partition coefficient (Wildman–Crippen LogP) is 3.98. The normalized spacial score (nSPS) is 13.4. The highest BCUT2D eigenvalue weighted by Gasteiger charge is 2.02. The Bertz CT molecular complexity index is 306. The summed E-state index contributed by atoms with van der Waals surface area (Å²) in [6.07, 6.45) is 4.28. The zero-order chi connectivity index (χ0) is 11.3. The molecule has 0 amide bonds. The average Bonchev–Trinajstić information content (AvgIpc) is 2.26. The molecule has 1 aromatic carbocycles. The molecule has 82 valence electrons. The molecule has 1 rings (SSSR count). The maximum atomic E-state index is 3.65. The zero-order valence-corrected chi connectivity index (χ0v) is 11.1. The quantitative estimate of drug-likeness (QED) is 0.747. The van der Waals surface area contributed by atoms with Crippen molar-refractivity contribution >= 4 is 15.9 Å². The highest BCUT2D eigenvalue weighted by atomic mass is 79.9. The summed E-state index contributed by atoms with van der Waals surface area (Å²) >= 11 is 3.65. The van der Waals surface area contributed by atoms with Crippen LogP contribution in [0.5, 0.6) is 0 Å². The van der Waals surface area contributed by atoms with Crippen LogP contribution in [0.1, 0.15) is 24.2 Å². The van der Waals surface area contributed by atoms with Gasteiger partial charge in [-0.05, 0) is 25.6 Å². The Balaban J connectivity index is 2.60. The number of allylic oxidation sites excluding steroid dienone is 1. The van der Waals surface area contributed by atoms with E-state index in [1.807, 2.05) is 6.07 Å². The third kappa shape index (κ3) is 4.08. The maximum Gasteiger partial charge on any atom is 0.0592 e. The predicted molar refractivity (Wildman–Crippen MR) is 70.1 cm³/mol. The minimum absolute atomic E-state index is 0.292. The van der Waals surface area contributed by atoms with Gasteiger partial charge in [0.15, 0.2) is 0 Å². The van der Waals surface area contributed by atoms with Crippen molar-refractivity contribution in [1.82, 2.24) is 4.90 Å². The first-order valence-electron chi connectivity index (χ1n) is 5.20. The van der Waals surface area contributed by atoms with Gasteiger partial charge < -0.3 is 4.90 Å². The van der Waals surface area contributed by atoms with Crippen LogP contribution in [0.3, 0.4) is 0 Å². The molecule has 2 heteroatoms. The fraction of sp³-hybridized carbons (Fsp3) is 0.385. The van der Waals surface area contributed by atoms with Crippen molar-refractivity contribution in [2.24, 2.45) is 0 Å². The van der Waals surface area contributed by atoms with Gasteiger partial charge in [0, 0.05) is 13.1 Å². The van der Waals surface area contributed by atoms with E-state index in [0.717, 1.165) is 0 Å². The lowest BCUT2D eigenvalue weighted by atomic mass is 10.1. The maximum absolute atomic E-state index is 3.65. The Morgan fingerprint density at radius 2 is 1.80 bits per heavy atom. The number of halogens is 1. The fourth-order valence-electron chi connectivity index (χ4n) is 1.13. The van der Waals surface area contributed by atoms with Crippen molar-refractivity contribution in [2.45, 2.75) is 24.7 Å². The van der Waals surface area contributed by atoms with E-state index in [2.05, 4.69) is 78.3 Å². The van der Waals surface area contributed by atoms with Crippen molar-refractivity contribution in [3.8, 4) is 0 Å². The van der Waals surface area contributed by atoms with Crippen LogP contribution in [0.4, 0.5) is 0 Å². The smallest absolute Gasteiger partial charge is 0.0592 e. The second-order valence-corrected chi connectivity index (χ2v) is 4.90. The molecular formula is C13H18BrN. The van der Waals surface area contributed by atoms with Crippen LogP contribution in [-0.2, 0) is 0 Å². The van der Waals surface area contributed by atoms with E-state index >= 15 is 0 Å². The Morgan fingerprint density at radius 3 is 2.33 bits per heavy atom. The molecule has 0 aliphatic rings. The number of hydrogen-bond acceptors (Lipinski definition) is 1. The van der Waals surface area contributed by atoms with Crippen LogP contribution in [0.15, 0.2) is 42.6 Å². The number of benzene rings is 1. The first kappa shape index (κ1) is 12.3. The summed E-state index contributed by atoms with van der Waals surface area (Å²) in [7, 11) is 2.09. The minimum Gasteiger partial charge on any atom is -0.378 e. The van der Waals surface area contributed by atoms with Gasteiger partial charge in [-0.1, -0.05) is 52.3 Å². The van der Waals surface area contributed by atoms with Gasteiger partial charge in [0.2, 0.25) is 0 Å². The molecule has 15 heavy (non-hydrogen) atoms. The van der Waals surface area contributed by atoms with Crippen LogP contribution in [0, 0.1) is 0 Å². The van der Waals surface area contributed by atoms with Crippen molar-refractivity contribution in [3.63, 3.8) is 0 Å². The summed E-state index contributed by atoms with van der Waals surface area (Å²) in [5.41, 5.74) is 1.28. The van der Waals surface area contributed by atoms with E-state index < -0.39 is 0 Å². The molecular weight excluding hydrogens is 250 g/mol. The molecule has 1 aromatic rings. The van der Waals surface area contributed by atoms with Crippen LogP contribution < -0.4 is 0 Å². The van der Waals surface area contributed by atoms with Gasteiger partial charge >= 0.3 is 0 Å². The van der Waals surface area contributed by atoms with Crippen molar-refractivity contribution in [1.29, 1.82) is 0 Å². The highest BCUT2D eigenvalue weighted by Crippen LogP contribution is 2.23. The number of alkyl halides is 1. The summed E-state index contributed by atoms with van der Waals surface area (Å²) in [6.45, 7) is 4.35. The van der Waals surface area contributed by atoms with Gasteiger partial charge in [-0.2, -0.15) is 0 Å². The molecule has 0 bridgehead atoms. The summed E-state index contributed by atoms with van der Waals surface area (Å²) in [4.78, 5) is 2.48. The summed E-state index contributed by atoms with van der Waals surface area (Å²) in [5, 5.41) is 0. The van der Waals surface area contributed by atoms with Gasteiger partial charge in [-0.3, -0.25) is 0 Å². The molecule has 0 radical (unpaired) electrons. The molecule has 1 unspecified atom stereocenters. The van der Waals surface area contributed by atoms with Crippen LogP contribution in [0.2, 0.25) is 0 Å². The van der Waals surface area contributed by atoms with Crippen molar-refractivity contribution in [2.75, 3.05) is 7.05 Å². The monoisotopic (exact) mass is 267 g/mol. The zero-order valence-electron chi connectivity index (χ0n) is 9.52. The highest BCUT2D eigenvalue weighted by molar-refractivity contribution is 9.09. The molecule has 1 atom stereocenters. The fourth-order valence-corrected chi connectivity index (χ4v) is 1.57. The first-order valence-corrected chi connectivity index (χ1v) is 6.12. The SMILES string of the molecule is CC(C)N(C)C=CC(Br)c1ccccc1. The molecule has 0 aliphatic carbocycles. The van der Waals surface area contributed by atoms with E-state index in [4.69, 9.17) is 0 Å². The molecule has 0 heterocycles. The lowest BCUT2D eigenvalue weighted by molar-refractivity contribution is 0.375. The Morgan fingerprint density at radius 1 is 1.20 bits per heavy atom. The van der Waals surface area contributed by atoms with Gasteiger partial charge in [-0.15, -0.1) is 0 Å². The summed E-state index contributed by atoms with van der Waals surface area (Å²) in [5.74, 6) is 0. The summed E-state index contributed by atoms with van der Waals surface area (Å²) in [6, 6.07) is 10.9. The van der Waals surface area contributed by atoms with E-state index in [1.165, 1.54) is 5.56 Å². The molecule has 0 saturated heterocycles. The molecule has 0 saturated carbocycles. The number of rotatable bonds is 4. The number of hydrogen-bond donors (Lipinski definition) is 0. The molecule has 1 nitrogen and oxygen atoms in total. The second kappa shape index (κ2) is 5.96. The minimum atomic E-state index is 0.292. The van der Waals surface area contributed by atoms with Gasteiger partial charge in [-0.25, -0.2) is 0 Å². The summed E-state index contributed by atoms with van der Waals surface area (Å²) < 4.78 is 0.